The second-order valence-corrected chi connectivity index (χ2v) is 7.04. The van der Waals surface area contributed by atoms with Gasteiger partial charge in [0.25, 0.3) is 0 Å². The summed E-state index contributed by atoms with van der Waals surface area (Å²) in [5.41, 5.74) is 8.55. The lowest BCUT2D eigenvalue weighted by atomic mass is 10.1. The molecule has 1 aromatic carbocycles. The van der Waals surface area contributed by atoms with E-state index in [4.69, 9.17) is 5.73 Å². The molecule has 1 saturated heterocycles. The maximum atomic E-state index is 12.7. The molecule has 0 bridgehead atoms. The number of hydrogen-bond donors (Lipinski definition) is 2. The molecule has 0 saturated carbocycles. The second kappa shape index (κ2) is 4.77. The first-order valence-corrected chi connectivity index (χ1v) is 7.73. The average Bonchev–Trinajstić information content (AvgIpc) is 2.74. The van der Waals surface area contributed by atoms with Crippen molar-refractivity contribution in [1.82, 2.24) is 4.31 Å². The average molecular weight is 284 g/mol. The molecule has 0 aromatic heterocycles. The van der Waals surface area contributed by atoms with Crippen molar-refractivity contribution in [2.75, 3.05) is 18.8 Å². The molecule has 0 unspecified atom stereocenters. The van der Waals surface area contributed by atoms with Crippen molar-refractivity contribution in [3.05, 3.63) is 22.8 Å². The van der Waals surface area contributed by atoms with Crippen LogP contribution in [-0.4, -0.2) is 37.0 Å². The molecule has 0 radical (unpaired) electrons. The molecule has 0 aliphatic carbocycles. The lowest BCUT2D eigenvalue weighted by molar-refractivity contribution is 0.189. The van der Waals surface area contributed by atoms with Gasteiger partial charge in [-0.15, -0.1) is 0 Å². The Kier molecular flexibility index (Phi) is 3.59. The number of β-amino-alcohol motifs (C(OH)–C–C–N with tert-alkyl or cyclic N) is 1. The van der Waals surface area contributed by atoms with Gasteiger partial charge in [0.1, 0.15) is 0 Å². The Morgan fingerprint density at radius 1 is 1.32 bits per heavy atom. The Bertz CT molecular complexity index is 585. The van der Waals surface area contributed by atoms with E-state index >= 15 is 0 Å². The fourth-order valence-corrected chi connectivity index (χ4v) is 4.51. The summed E-state index contributed by atoms with van der Waals surface area (Å²) >= 11 is 0. The normalized spacial score (nSPS) is 20.9. The Balaban J connectivity index is 2.58. The predicted octanol–water partition coefficient (Wildman–Crippen LogP) is 0.949. The molecule has 5 nitrogen and oxygen atoms in total. The zero-order chi connectivity index (χ0) is 14.4. The number of rotatable bonds is 2. The van der Waals surface area contributed by atoms with Gasteiger partial charge < -0.3 is 10.8 Å². The van der Waals surface area contributed by atoms with Gasteiger partial charge in [-0.1, -0.05) is 0 Å². The molecule has 1 heterocycles. The van der Waals surface area contributed by atoms with Crippen molar-refractivity contribution in [2.24, 2.45) is 0 Å². The van der Waals surface area contributed by atoms with Gasteiger partial charge in [0, 0.05) is 18.8 Å². The molecule has 0 spiro atoms. The van der Waals surface area contributed by atoms with Crippen LogP contribution in [0, 0.1) is 20.8 Å². The summed E-state index contributed by atoms with van der Waals surface area (Å²) in [6.07, 6.45) is -0.0870. The summed E-state index contributed by atoms with van der Waals surface area (Å²) in [6, 6.07) is 1.79. The Morgan fingerprint density at radius 2 is 1.95 bits per heavy atom. The highest BCUT2D eigenvalue weighted by molar-refractivity contribution is 7.89. The van der Waals surface area contributed by atoms with Crippen molar-refractivity contribution in [3.8, 4) is 0 Å². The van der Waals surface area contributed by atoms with Gasteiger partial charge in [-0.05, 0) is 49.9 Å². The third-order valence-electron chi connectivity index (χ3n) is 3.80. The molecule has 1 fully saturated rings. The standard InChI is InChI=1S/C13H20N2O3S/c1-8-6-12(14)10(3)13(9(8)2)19(17,18)15-5-4-11(16)7-15/h6,11,16H,4-5,7,14H2,1-3H3/t11-/m1/s1. The van der Waals surface area contributed by atoms with Crippen molar-refractivity contribution in [1.29, 1.82) is 0 Å². The lowest BCUT2D eigenvalue weighted by Gasteiger charge is -2.21. The van der Waals surface area contributed by atoms with Crippen molar-refractivity contribution >= 4 is 15.7 Å². The first-order chi connectivity index (χ1) is 8.75. The number of anilines is 1. The van der Waals surface area contributed by atoms with E-state index in [1.165, 1.54) is 4.31 Å². The summed E-state index contributed by atoms with van der Waals surface area (Å²) in [4.78, 5) is 0.291. The van der Waals surface area contributed by atoms with Crippen LogP contribution in [0.25, 0.3) is 0 Å². The van der Waals surface area contributed by atoms with E-state index in [1.807, 2.05) is 6.92 Å². The zero-order valence-electron chi connectivity index (χ0n) is 11.5. The van der Waals surface area contributed by atoms with E-state index in [2.05, 4.69) is 0 Å². The largest absolute Gasteiger partial charge is 0.398 e. The van der Waals surface area contributed by atoms with E-state index in [0.29, 0.717) is 29.1 Å². The van der Waals surface area contributed by atoms with Gasteiger partial charge in [0.05, 0.1) is 11.0 Å². The van der Waals surface area contributed by atoms with E-state index in [0.717, 1.165) is 11.1 Å². The van der Waals surface area contributed by atoms with Crippen LogP contribution < -0.4 is 5.73 Å². The lowest BCUT2D eigenvalue weighted by Crippen LogP contribution is -2.31. The van der Waals surface area contributed by atoms with Crippen LogP contribution in [0.1, 0.15) is 23.1 Å². The highest BCUT2D eigenvalue weighted by atomic mass is 32.2. The van der Waals surface area contributed by atoms with Gasteiger partial charge in [-0.25, -0.2) is 8.42 Å². The number of aryl methyl sites for hydroxylation is 1. The second-order valence-electron chi connectivity index (χ2n) is 5.17. The van der Waals surface area contributed by atoms with Gasteiger partial charge in [-0.3, -0.25) is 0 Å². The number of aliphatic hydroxyl groups is 1. The minimum Gasteiger partial charge on any atom is -0.398 e. The molecule has 106 valence electrons. The highest BCUT2D eigenvalue weighted by Crippen LogP contribution is 2.31. The van der Waals surface area contributed by atoms with E-state index in [9.17, 15) is 13.5 Å². The van der Waals surface area contributed by atoms with Crippen LogP contribution in [0.4, 0.5) is 5.69 Å². The molecule has 19 heavy (non-hydrogen) atoms. The predicted molar refractivity (Wildman–Crippen MR) is 74.4 cm³/mol. The van der Waals surface area contributed by atoms with E-state index in [-0.39, 0.29) is 6.54 Å². The first kappa shape index (κ1) is 14.3. The first-order valence-electron chi connectivity index (χ1n) is 6.29. The molecule has 1 aromatic rings. The third kappa shape index (κ3) is 2.35. The van der Waals surface area contributed by atoms with Crippen LogP contribution >= 0.6 is 0 Å². The summed E-state index contributed by atoms with van der Waals surface area (Å²) in [6.45, 7) is 5.89. The maximum Gasteiger partial charge on any atom is 0.243 e. The number of nitrogen functional groups attached to an aromatic ring is 1. The molecular formula is C13H20N2O3S. The minimum atomic E-state index is -3.58. The molecule has 1 aliphatic rings. The molecule has 2 rings (SSSR count). The van der Waals surface area contributed by atoms with Gasteiger partial charge >= 0.3 is 0 Å². The van der Waals surface area contributed by atoms with Crippen molar-refractivity contribution in [3.63, 3.8) is 0 Å². The molecule has 0 amide bonds. The topological polar surface area (TPSA) is 83.6 Å². The Hall–Kier alpha value is -1.11. The monoisotopic (exact) mass is 284 g/mol. The van der Waals surface area contributed by atoms with Gasteiger partial charge in [0.15, 0.2) is 0 Å². The van der Waals surface area contributed by atoms with Crippen LogP contribution in [0.15, 0.2) is 11.0 Å². The summed E-state index contributed by atoms with van der Waals surface area (Å²) < 4.78 is 26.7. The van der Waals surface area contributed by atoms with Gasteiger partial charge in [-0.2, -0.15) is 4.31 Å². The highest BCUT2D eigenvalue weighted by Gasteiger charge is 2.34. The van der Waals surface area contributed by atoms with Gasteiger partial charge in [0.2, 0.25) is 10.0 Å². The third-order valence-corrected chi connectivity index (χ3v) is 5.94. The van der Waals surface area contributed by atoms with Crippen LogP contribution in [0.2, 0.25) is 0 Å². The van der Waals surface area contributed by atoms with Crippen molar-refractivity contribution < 1.29 is 13.5 Å². The number of sulfonamides is 1. The molecule has 6 heteroatoms. The summed E-state index contributed by atoms with van der Waals surface area (Å²) in [7, 11) is -3.58. The Labute approximate surface area is 114 Å². The number of nitrogens with zero attached hydrogens (tertiary/aromatic N) is 1. The van der Waals surface area contributed by atoms with Crippen LogP contribution in [0.3, 0.4) is 0 Å². The zero-order valence-corrected chi connectivity index (χ0v) is 12.3. The maximum absolute atomic E-state index is 12.7. The molecular weight excluding hydrogens is 264 g/mol. The van der Waals surface area contributed by atoms with Crippen LogP contribution in [0.5, 0.6) is 0 Å². The number of hydrogen-bond acceptors (Lipinski definition) is 4. The molecule has 1 aliphatic heterocycles. The minimum absolute atomic E-state index is 0.162. The fourth-order valence-electron chi connectivity index (χ4n) is 2.49. The summed E-state index contributed by atoms with van der Waals surface area (Å²) in [5, 5.41) is 9.53. The molecule has 3 N–H and O–H groups in total. The van der Waals surface area contributed by atoms with Crippen molar-refractivity contribution in [2.45, 2.75) is 38.2 Å². The SMILES string of the molecule is Cc1cc(N)c(C)c(S(=O)(=O)N2CC[C@@H](O)C2)c1C. The quantitative estimate of drug-likeness (QED) is 0.792. The fraction of sp³-hybridized carbons (Fsp3) is 0.538. The van der Waals surface area contributed by atoms with E-state index in [1.54, 1.807) is 19.9 Å². The van der Waals surface area contributed by atoms with E-state index < -0.39 is 16.1 Å². The smallest absolute Gasteiger partial charge is 0.243 e. The number of nitrogens with two attached hydrogens (primary N) is 1. The van der Waals surface area contributed by atoms with Crippen LogP contribution in [-0.2, 0) is 10.0 Å². The molecule has 1 atom stereocenters. The summed E-state index contributed by atoms with van der Waals surface area (Å²) in [5.74, 6) is 0. The number of benzene rings is 1. The number of aliphatic hydroxyl groups excluding tert-OH is 1. The Morgan fingerprint density at radius 3 is 2.47 bits per heavy atom.